The average molecular weight is 385 g/mol. The van der Waals surface area contributed by atoms with E-state index in [-0.39, 0.29) is 27.7 Å². The lowest BCUT2D eigenvalue weighted by molar-refractivity contribution is 0.0687. The van der Waals surface area contributed by atoms with Gasteiger partial charge < -0.3 is 19.5 Å². The molecule has 0 saturated carbocycles. The third-order valence-corrected chi connectivity index (χ3v) is 10.8. The average Bonchev–Trinajstić information content (AvgIpc) is 2.56. The van der Waals surface area contributed by atoms with E-state index in [0.717, 1.165) is 0 Å². The molecule has 0 spiro atoms. The number of fused-ring (bicyclic) bond motifs is 2. The molecule has 2 N–H and O–H groups in total. The molecule has 7 heteroatoms. The van der Waals surface area contributed by atoms with E-state index in [1.54, 1.807) is 12.1 Å². The van der Waals surface area contributed by atoms with Gasteiger partial charge in [0.05, 0.1) is 11.4 Å². The maximum absolute atomic E-state index is 11.8. The zero-order chi connectivity index (χ0) is 20.1. The Morgan fingerprint density at radius 3 is 1.63 bits per heavy atom. The summed E-state index contributed by atoms with van der Waals surface area (Å²) in [6.45, 7) is 10.8. The Morgan fingerprint density at radius 2 is 1.30 bits per heavy atom. The number of ether oxygens (including phenoxy) is 1. The molecule has 2 aromatic carbocycles. The monoisotopic (exact) mass is 385 g/mol. The second kappa shape index (κ2) is 6.13. The summed E-state index contributed by atoms with van der Waals surface area (Å²) in [5.74, 6) is -1.84. The molecule has 0 unspecified atom stereocenters. The van der Waals surface area contributed by atoms with Crippen LogP contribution in [0.5, 0.6) is 11.5 Å². The van der Waals surface area contributed by atoms with Crippen molar-refractivity contribution in [1.29, 1.82) is 0 Å². The second-order valence-corrected chi connectivity index (χ2v) is 13.2. The Bertz CT molecular complexity index is 882. The maximum Gasteiger partial charge on any atom is 0.339 e. The van der Waals surface area contributed by atoms with Crippen LogP contribution in [0, 0.1) is 0 Å². The van der Waals surface area contributed by atoms with Gasteiger partial charge in [-0.2, -0.15) is 0 Å². The highest BCUT2D eigenvalue weighted by molar-refractivity contribution is 6.85. The first-order chi connectivity index (χ1) is 12.5. The molecule has 0 bridgehead atoms. The first-order valence-electron chi connectivity index (χ1n) is 8.67. The van der Waals surface area contributed by atoms with E-state index < -0.39 is 20.2 Å². The molecule has 3 rings (SSSR count). The van der Waals surface area contributed by atoms with E-state index in [1.165, 1.54) is 12.1 Å². The summed E-state index contributed by atoms with van der Waals surface area (Å²) >= 11 is 0. The van der Waals surface area contributed by atoms with E-state index in [4.69, 9.17) is 4.74 Å². The van der Waals surface area contributed by atoms with Crippen molar-refractivity contribution in [2.45, 2.75) is 38.9 Å². The number of hydrogen-bond donors (Lipinski definition) is 2. The molecule has 2 aromatic rings. The van der Waals surface area contributed by atoms with Gasteiger partial charge in [-0.3, -0.25) is 0 Å². The van der Waals surface area contributed by atoms with Gasteiger partial charge in [0.15, 0.2) is 19.7 Å². The quantitative estimate of drug-likeness (QED) is 0.694. The van der Waals surface area contributed by atoms with Gasteiger partial charge in [-0.25, -0.2) is 9.59 Å². The highest BCUT2D eigenvalue weighted by atomic mass is 28.3. The van der Waals surface area contributed by atoms with Gasteiger partial charge in [-0.05, 0) is 29.3 Å². The molecule has 0 radical (unpaired) electrons. The fourth-order valence-electron chi connectivity index (χ4n) is 3.12. The van der Waals surface area contributed by atoms with E-state index in [0.29, 0.717) is 11.4 Å². The van der Waals surface area contributed by atoms with E-state index >= 15 is 0 Å². The fourth-order valence-corrected chi connectivity index (χ4v) is 5.35. The van der Waals surface area contributed by atoms with Gasteiger partial charge >= 0.3 is 11.9 Å². The maximum atomic E-state index is 11.8. The van der Waals surface area contributed by atoms with E-state index in [2.05, 4.69) is 38.4 Å². The van der Waals surface area contributed by atoms with Crippen LogP contribution in [0.4, 0.5) is 11.4 Å². The van der Waals surface area contributed by atoms with E-state index in [9.17, 15) is 19.8 Å². The van der Waals surface area contributed by atoms with Crippen LogP contribution >= 0.6 is 0 Å². The summed E-state index contributed by atoms with van der Waals surface area (Å²) in [7, 11) is -2.25. The molecule has 0 fully saturated rings. The van der Waals surface area contributed by atoms with Crippen molar-refractivity contribution in [3.8, 4) is 11.5 Å². The molecule has 0 aliphatic carbocycles. The van der Waals surface area contributed by atoms with Crippen molar-refractivity contribution in [3.63, 3.8) is 0 Å². The molecule has 0 atom stereocenters. The van der Waals surface area contributed by atoms with Crippen molar-refractivity contribution >= 4 is 31.5 Å². The highest BCUT2D eigenvalue weighted by Crippen LogP contribution is 2.55. The highest BCUT2D eigenvalue weighted by Gasteiger charge is 2.46. The number of hydrogen-bond acceptors (Lipinski definition) is 4. The molecular weight excluding hydrogens is 362 g/mol. The van der Waals surface area contributed by atoms with Gasteiger partial charge in [0, 0.05) is 0 Å². The smallest absolute Gasteiger partial charge is 0.339 e. The molecule has 27 heavy (non-hydrogen) atoms. The molecule has 0 amide bonds. The minimum atomic E-state index is -2.25. The number of carboxylic acid groups (broad SMARTS) is 2. The number of anilines is 2. The summed E-state index contributed by atoms with van der Waals surface area (Å²) in [4.78, 5) is 23.5. The summed E-state index contributed by atoms with van der Waals surface area (Å²) in [5.41, 5.74) is 1.36. The Morgan fingerprint density at radius 1 is 0.889 bits per heavy atom. The number of aromatic carboxylic acids is 2. The van der Waals surface area contributed by atoms with Crippen LogP contribution in [0.25, 0.3) is 0 Å². The van der Waals surface area contributed by atoms with Crippen molar-refractivity contribution < 1.29 is 24.5 Å². The Kier molecular flexibility index (Phi) is 4.30. The molecule has 1 aliphatic heterocycles. The Hall–Kier alpha value is -2.80. The fraction of sp³-hybridized carbons (Fsp3) is 0.300. The molecule has 1 heterocycles. The van der Waals surface area contributed by atoms with Crippen LogP contribution in [0.1, 0.15) is 41.5 Å². The predicted octanol–water partition coefficient (Wildman–Crippen LogP) is 5.33. The third kappa shape index (κ3) is 2.88. The molecule has 6 nitrogen and oxygen atoms in total. The zero-order valence-electron chi connectivity index (χ0n) is 16.0. The number of nitrogens with zero attached hydrogens (tertiary/aromatic N) is 1. The molecule has 0 saturated heterocycles. The van der Waals surface area contributed by atoms with Gasteiger partial charge in [-0.1, -0.05) is 46.0 Å². The summed E-state index contributed by atoms with van der Waals surface area (Å²) in [5, 5.41) is 19.2. The van der Waals surface area contributed by atoms with Gasteiger partial charge in [0.25, 0.3) is 0 Å². The first-order valence-corrected chi connectivity index (χ1v) is 11.6. The van der Waals surface area contributed by atoms with Crippen LogP contribution in [0.2, 0.25) is 18.1 Å². The largest absolute Gasteiger partial charge is 0.478 e. The zero-order valence-corrected chi connectivity index (χ0v) is 17.0. The lowest BCUT2D eigenvalue weighted by atomic mass is 10.1. The van der Waals surface area contributed by atoms with Crippen molar-refractivity contribution in [2.75, 3.05) is 4.57 Å². The number of para-hydroxylation sites is 2. The standard InChI is InChI=1S/C20H23NO5Si/c1-20(2,3)27(4,5)21-14-10-6-8-12(18(22)23)16(14)26-17-13(19(24)25)9-7-11-15(17)21/h6-11H,1-5H3,(H,22,23)(H,24,25). The molecule has 1 aliphatic rings. The van der Waals surface area contributed by atoms with Crippen molar-refractivity contribution in [1.82, 2.24) is 0 Å². The summed E-state index contributed by atoms with van der Waals surface area (Å²) in [6, 6.07) is 9.99. The Labute approximate surface area is 159 Å². The van der Waals surface area contributed by atoms with E-state index in [1.807, 2.05) is 12.1 Å². The first kappa shape index (κ1) is 19.0. The van der Waals surface area contributed by atoms with Crippen LogP contribution in [0.15, 0.2) is 36.4 Å². The van der Waals surface area contributed by atoms with Gasteiger partial charge in [0.1, 0.15) is 11.1 Å². The van der Waals surface area contributed by atoms with Crippen LogP contribution < -0.4 is 9.30 Å². The van der Waals surface area contributed by atoms with Gasteiger partial charge in [0.2, 0.25) is 0 Å². The minimum Gasteiger partial charge on any atom is -0.478 e. The predicted molar refractivity (Wildman–Crippen MR) is 106 cm³/mol. The van der Waals surface area contributed by atoms with Gasteiger partial charge in [-0.15, -0.1) is 0 Å². The van der Waals surface area contributed by atoms with Crippen molar-refractivity contribution in [2.24, 2.45) is 0 Å². The number of benzene rings is 2. The number of rotatable bonds is 3. The summed E-state index contributed by atoms with van der Waals surface area (Å²) in [6.07, 6.45) is 0. The summed E-state index contributed by atoms with van der Waals surface area (Å²) < 4.78 is 8.04. The Balaban J connectivity index is 2.39. The lowest BCUT2D eigenvalue weighted by Crippen LogP contribution is -2.53. The van der Waals surface area contributed by atoms with Crippen molar-refractivity contribution in [3.05, 3.63) is 47.5 Å². The minimum absolute atomic E-state index is 0.0158. The lowest BCUT2D eigenvalue weighted by Gasteiger charge is -2.49. The molecular formula is C20H23NO5Si. The van der Waals surface area contributed by atoms with Crippen LogP contribution in [-0.2, 0) is 0 Å². The number of carboxylic acids is 2. The third-order valence-electron chi connectivity index (χ3n) is 5.53. The van der Waals surface area contributed by atoms with Crippen LogP contribution in [-0.4, -0.2) is 30.4 Å². The topological polar surface area (TPSA) is 87.1 Å². The number of carbonyl (C=O) groups is 2. The second-order valence-electron chi connectivity index (χ2n) is 8.16. The molecule has 142 valence electrons. The van der Waals surface area contributed by atoms with Crippen LogP contribution in [0.3, 0.4) is 0 Å². The SMILES string of the molecule is CC(C)(C)[Si](C)(C)N1c2cccc(C(=O)O)c2Oc2c(C(=O)O)cccc21. The normalized spacial score (nSPS) is 13.4. The molecule has 0 aromatic heterocycles.